The van der Waals surface area contributed by atoms with Crippen LogP contribution in [0.1, 0.15) is 11.1 Å². The molecule has 6 heteroatoms. The first-order valence-electron chi connectivity index (χ1n) is 6.89. The van der Waals surface area contributed by atoms with Gasteiger partial charge >= 0.3 is 0 Å². The first kappa shape index (κ1) is 16.2. The van der Waals surface area contributed by atoms with Crippen LogP contribution in [0.2, 0.25) is 0 Å². The van der Waals surface area contributed by atoms with E-state index in [4.69, 9.17) is 4.74 Å². The highest BCUT2D eigenvalue weighted by molar-refractivity contribution is 6.02. The van der Waals surface area contributed by atoms with Crippen molar-refractivity contribution in [3.05, 3.63) is 69.8 Å². The molecule has 0 saturated heterocycles. The monoisotopic (exact) mass is 312 g/mol. The molecule has 2 aromatic rings. The number of nitro benzene ring substituents is 1. The molecule has 6 nitrogen and oxygen atoms in total. The van der Waals surface area contributed by atoms with Gasteiger partial charge in [-0.1, -0.05) is 24.3 Å². The number of hydrogen-bond acceptors (Lipinski definition) is 4. The van der Waals surface area contributed by atoms with Gasteiger partial charge in [0.2, 0.25) is 5.91 Å². The summed E-state index contributed by atoms with van der Waals surface area (Å²) in [5.74, 6) is 0.280. The lowest BCUT2D eigenvalue weighted by atomic mass is 10.1. The van der Waals surface area contributed by atoms with E-state index in [0.29, 0.717) is 17.0 Å². The second kappa shape index (κ2) is 7.22. The van der Waals surface area contributed by atoms with Gasteiger partial charge in [-0.05, 0) is 25.1 Å². The number of methoxy groups -OCH3 is 1. The Kier molecular flexibility index (Phi) is 5.09. The van der Waals surface area contributed by atoms with Crippen molar-refractivity contribution in [1.29, 1.82) is 0 Å². The van der Waals surface area contributed by atoms with Gasteiger partial charge in [-0.3, -0.25) is 14.9 Å². The predicted molar refractivity (Wildman–Crippen MR) is 88.5 cm³/mol. The summed E-state index contributed by atoms with van der Waals surface area (Å²) in [5.41, 5.74) is 1.56. The lowest BCUT2D eigenvalue weighted by Crippen LogP contribution is -2.09. The lowest BCUT2D eigenvalue weighted by Gasteiger charge is -2.07. The number of carbonyl (C=O) groups is 1. The highest BCUT2D eigenvalue weighted by Gasteiger charge is 2.13. The molecule has 1 N–H and O–H groups in total. The molecule has 0 saturated carbocycles. The Morgan fingerprint density at radius 1 is 1.22 bits per heavy atom. The molecule has 0 fully saturated rings. The molecule has 1 amide bonds. The summed E-state index contributed by atoms with van der Waals surface area (Å²) in [6, 6.07) is 11.8. The summed E-state index contributed by atoms with van der Waals surface area (Å²) in [5, 5.41) is 13.5. The number of nitrogens with one attached hydrogen (secondary N) is 1. The molecule has 23 heavy (non-hydrogen) atoms. The van der Waals surface area contributed by atoms with Crippen LogP contribution in [0.4, 0.5) is 11.4 Å². The van der Waals surface area contributed by atoms with Crippen molar-refractivity contribution in [3.8, 4) is 5.75 Å². The zero-order valence-corrected chi connectivity index (χ0v) is 12.8. The fraction of sp³-hybridized carbons (Fsp3) is 0.118. The first-order chi connectivity index (χ1) is 11.0. The summed E-state index contributed by atoms with van der Waals surface area (Å²) < 4.78 is 5.20. The highest BCUT2D eigenvalue weighted by Crippen LogP contribution is 2.25. The molecule has 0 aliphatic carbocycles. The van der Waals surface area contributed by atoms with Crippen LogP contribution >= 0.6 is 0 Å². The molecule has 118 valence electrons. The van der Waals surface area contributed by atoms with Crippen LogP contribution in [0.25, 0.3) is 6.08 Å². The van der Waals surface area contributed by atoms with Crippen LogP contribution in [0.5, 0.6) is 5.75 Å². The van der Waals surface area contributed by atoms with Crippen molar-refractivity contribution >= 4 is 23.4 Å². The van der Waals surface area contributed by atoms with Gasteiger partial charge < -0.3 is 10.1 Å². The molecule has 2 rings (SSSR count). The fourth-order valence-corrected chi connectivity index (χ4v) is 2.10. The van der Waals surface area contributed by atoms with Crippen molar-refractivity contribution < 1.29 is 14.5 Å². The Balaban J connectivity index is 2.16. The number of nitrogens with zero attached hydrogens (tertiary/aromatic N) is 1. The third kappa shape index (κ3) is 3.94. The Bertz CT molecular complexity index is 769. The number of amides is 1. The van der Waals surface area contributed by atoms with Crippen LogP contribution in [0.3, 0.4) is 0 Å². The molecule has 0 aromatic heterocycles. The van der Waals surface area contributed by atoms with Gasteiger partial charge in [0.1, 0.15) is 5.75 Å². The number of hydrogen-bond donors (Lipinski definition) is 1. The van der Waals surface area contributed by atoms with Crippen LogP contribution in [-0.4, -0.2) is 17.9 Å². The van der Waals surface area contributed by atoms with E-state index in [2.05, 4.69) is 5.32 Å². The highest BCUT2D eigenvalue weighted by atomic mass is 16.6. The maximum absolute atomic E-state index is 12.0. The SMILES string of the molecule is COc1ccccc1/C=C/C(=O)Nc1cccc([N+](=O)[O-])c1C. The van der Waals surface area contributed by atoms with E-state index in [0.717, 1.165) is 5.56 Å². The Labute approximate surface area is 133 Å². The summed E-state index contributed by atoms with van der Waals surface area (Å²) >= 11 is 0. The smallest absolute Gasteiger partial charge is 0.274 e. The van der Waals surface area contributed by atoms with Gasteiger partial charge in [0.15, 0.2) is 0 Å². The minimum atomic E-state index is -0.477. The lowest BCUT2D eigenvalue weighted by molar-refractivity contribution is -0.385. The molecular formula is C17H16N2O4. The largest absolute Gasteiger partial charge is 0.496 e. The number of ether oxygens (including phenoxy) is 1. The second-order valence-corrected chi connectivity index (χ2v) is 4.77. The number of carbonyl (C=O) groups excluding carboxylic acids is 1. The first-order valence-corrected chi connectivity index (χ1v) is 6.89. The van der Waals surface area contributed by atoms with E-state index in [1.54, 1.807) is 32.2 Å². The third-order valence-corrected chi connectivity index (χ3v) is 3.31. The average molecular weight is 312 g/mol. The fourth-order valence-electron chi connectivity index (χ4n) is 2.10. The Morgan fingerprint density at radius 3 is 2.65 bits per heavy atom. The number of rotatable bonds is 5. The van der Waals surface area contributed by atoms with Gasteiger partial charge in [-0.25, -0.2) is 0 Å². The van der Waals surface area contributed by atoms with Crippen molar-refractivity contribution in [2.24, 2.45) is 0 Å². The average Bonchev–Trinajstić information content (AvgIpc) is 2.54. The van der Waals surface area contributed by atoms with Gasteiger partial charge in [0.05, 0.1) is 23.3 Å². The van der Waals surface area contributed by atoms with Gasteiger partial charge in [0.25, 0.3) is 5.69 Å². The van der Waals surface area contributed by atoms with Crippen molar-refractivity contribution in [2.75, 3.05) is 12.4 Å². The van der Waals surface area contributed by atoms with Crippen LogP contribution in [0, 0.1) is 17.0 Å². The molecule has 0 spiro atoms. The van der Waals surface area contributed by atoms with Gasteiger partial charge in [-0.15, -0.1) is 0 Å². The maximum atomic E-state index is 12.0. The standard InChI is InChI=1S/C17H16N2O4/c1-12-14(7-5-8-15(12)19(21)22)18-17(20)11-10-13-6-3-4-9-16(13)23-2/h3-11H,1-2H3,(H,18,20)/b11-10+. The topological polar surface area (TPSA) is 81.5 Å². The Hall–Kier alpha value is -3.15. The van der Waals surface area contributed by atoms with Crippen LogP contribution in [0.15, 0.2) is 48.5 Å². The number of para-hydroxylation sites is 1. The minimum absolute atomic E-state index is 0.0310. The van der Waals surface area contributed by atoms with Crippen LogP contribution in [-0.2, 0) is 4.79 Å². The molecule has 0 unspecified atom stereocenters. The quantitative estimate of drug-likeness (QED) is 0.520. The molecule has 0 aliphatic heterocycles. The van der Waals surface area contributed by atoms with E-state index >= 15 is 0 Å². The summed E-state index contributed by atoms with van der Waals surface area (Å²) in [6.45, 7) is 1.59. The zero-order chi connectivity index (χ0) is 16.8. The third-order valence-electron chi connectivity index (χ3n) is 3.31. The van der Waals surface area contributed by atoms with Crippen molar-refractivity contribution in [1.82, 2.24) is 0 Å². The molecule has 0 aliphatic rings. The Morgan fingerprint density at radius 2 is 1.96 bits per heavy atom. The molecule has 0 heterocycles. The van der Waals surface area contributed by atoms with Gasteiger partial charge in [0, 0.05) is 17.7 Å². The second-order valence-electron chi connectivity index (χ2n) is 4.77. The van der Waals surface area contributed by atoms with E-state index in [1.807, 2.05) is 18.2 Å². The normalized spacial score (nSPS) is 10.5. The molecule has 0 bridgehead atoms. The maximum Gasteiger partial charge on any atom is 0.274 e. The van der Waals surface area contributed by atoms with E-state index in [1.165, 1.54) is 18.2 Å². The molecular weight excluding hydrogens is 296 g/mol. The number of benzene rings is 2. The van der Waals surface area contributed by atoms with E-state index < -0.39 is 4.92 Å². The zero-order valence-electron chi connectivity index (χ0n) is 12.8. The summed E-state index contributed by atoms with van der Waals surface area (Å²) in [6.07, 6.45) is 2.98. The molecule has 0 radical (unpaired) electrons. The molecule has 0 atom stereocenters. The van der Waals surface area contributed by atoms with Crippen LogP contribution < -0.4 is 10.1 Å². The number of nitro groups is 1. The van der Waals surface area contributed by atoms with E-state index in [9.17, 15) is 14.9 Å². The van der Waals surface area contributed by atoms with Crippen molar-refractivity contribution in [3.63, 3.8) is 0 Å². The summed E-state index contributed by atoms with van der Waals surface area (Å²) in [7, 11) is 1.55. The minimum Gasteiger partial charge on any atom is -0.496 e. The van der Waals surface area contributed by atoms with E-state index in [-0.39, 0.29) is 11.6 Å². The summed E-state index contributed by atoms with van der Waals surface area (Å²) in [4.78, 5) is 22.4. The number of anilines is 1. The molecule has 2 aromatic carbocycles. The van der Waals surface area contributed by atoms with Gasteiger partial charge in [-0.2, -0.15) is 0 Å². The predicted octanol–water partition coefficient (Wildman–Crippen LogP) is 3.56. The van der Waals surface area contributed by atoms with Crippen molar-refractivity contribution in [2.45, 2.75) is 6.92 Å².